The maximum atomic E-state index is 4.37. The minimum atomic E-state index is 0.738. The minimum absolute atomic E-state index is 0.738. The molecule has 0 spiro atoms. The summed E-state index contributed by atoms with van der Waals surface area (Å²) < 4.78 is 0. The Hall–Kier alpha value is -0.410. The number of hydrogen-bond acceptors (Lipinski definition) is 3. The Balaban J connectivity index is 2.29. The van der Waals surface area contributed by atoms with Crippen molar-refractivity contribution in [1.82, 2.24) is 10.3 Å². The SMILES string of the molecule is CCCC(CNCC(C)C)Cc1nccs1. The van der Waals surface area contributed by atoms with E-state index < -0.39 is 0 Å². The van der Waals surface area contributed by atoms with Gasteiger partial charge in [0.25, 0.3) is 0 Å². The zero-order valence-electron chi connectivity index (χ0n) is 10.7. The molecule has 92 valence electrons. The molecule has 2 nitrogen and oxygen atoms in total. The summed E-state index contributed by atoms with van der Waals surface area (Å²) in [5.74, 6) is 1.48. The van der Waals surface area contributed by atoms with Gasteiger partial charge in [-0.1, -0.05) is 27.2 Å². The zero-order chi connectivity index (χ0) is 11.8. The summed E-state index contributed by atoms with van der Waals surface area (Å²) in [7, 11) is 0. The molecular weight excluding hydrogens is 216 g/mol. The predicted octanol–water partition coefficient (Wildman–Crippen LogP) is 3.35. The first-order valence-electron chi connectivity index (χ1n) is 6.31. The van der Waals surface area contributed by atoms with Crippen molar-refractivity contribution in [2.75, 3.05) is 13.1 Å². The van der Waals surface area contributed by atoms with Crippen molar-refractivity contribution in [1.29, 1.82) is 0 Å². The number of rotatable bonds is 8. The van der Waals surface area contributed by atoms with Gasteiger partial charge in [0.2, 0.25) is 0 Å². The molecule has 0 aliphatic rings. The normalized spacial score (nSPS) is 13.2. The van der Waals surface area contributed by atoms with Gasteiger partial charge in [-0.3, -0.25) is 0 Å². The van der Waals surface area contributed by atoms with Gasteiger partial charge < -0.3 is 5.32 Å². The lowest BCUT2D eigenvalue weighted by atomic mass is 10.00. The second-order valence-electron chi connectivity index (χ2n) is 4.84. The van der Waals surface area contributed by atoms with E-state index >= 15 is 0 Å². The van der Waals surface area contributed by atoms with Gasteiger partial charge in [0.15, 0.2) is 0 Å². The van der Waals surface area contributed by atoms with Gasteiger partial charge in [-0.05, 0) is 31.3 Å². The van der Waals surface area contributed by atoms with Gasteiger partial charge in [-0.2, -0.15) is 0 Å². The Bertz CT molecular complexity index is 257. The molecule has 0 saturated heterocycles. The first-order chi connectivity index (χ1) is 7.72. The monoisotopic (exact) mass is 240 g/mol. The smallest absolute Gasteiger partial charge is 0.0928 e. The van der Waals surface area contributed by atoms with Crippen molar-refractivity contribution < 1.29 is 0 Å². The average molecular weight is 240 g/mol. The Morgan fingerprint density at radius 1 is 1.38 bits per heavy atom. The van der Waals surface area contributed by atoms with Crippen molar-refractivity contribution >= 4 is 11.3 Å². The lowest BCUT2D eigenvalue weighted by Gasteiger charge is -2.16. The van der Waals surface area contributed by atoms with E-state index in [0.717, 1.165) is 31.3 Å². The number of thiazole rings is 1. The summed E-state index contributed by atoms with van der Waals surface area (Å²) >= 11 is 1.78. The summed E-state index contributed by atoms with van der Waals surface area (Å²) in [4.78, 5) is 4.37. The maximum Gasteiger partial charge on any atom is 0.0928 e. The van der Waals surface area contributed by atoms with Gasteiger partial charge >= 0.3 is 0 Å². The molecule has 0 amide bonds. The van der Waals surface area contributed by atoms with Crippen LogP contribution in [-0.2, 0) is 6.42 Å². The zero-order valence-corrected chi connectivity index (χ0v) is 11.5. The van der Waals surface area contributed by atoms with Crippen LogP contribution in [0.5, 0.6) is 0 Å². The third-order valence-corrected chi connectivity index (χ3v) is 3.43. The van der Waals surface area contributed by atoms with Gasteiger partial charge in [0, 0.05) is 18.0 Å². The van der Waals surface area contributed by atoms with Crippen LogP contribution in [0, 0.1) is 11.8 Å². The van der Waals surface area contributed by atoms with Crippen molar-refractivity contribution in [3.05, 3.63) is 16.6 Å². The predicted molar refractivity (Wildman–Crippen MR) is 71.9 cm³/mol. The summed E-state index contributed by atoms with van der Waals surface area (Å²) in [6.45, 7) is 9.02. The molecule has 1 unspecified atom stereocenters. The van der Waals surface area contributed by atoms with Gasteiger partial charge in [0.05, 0.1) is 5.01 Å². The van der Waals surface area contributed by atoms with Crippen molar-refractivity contribution in [2.45, 2.75) is 40.0 Å². The van der Waals surface area contributed by atoms with Gasteiger partial charge in [-0.15, -0.1) is 11.3 Å². The molecular formula is C13H24N2S. The first-order valence-corrected chi connectivity index (χ1v) is 7.19. The first kappa shape index (κ1) is 13.7. The van der Waals surface area contributed by atoms with Crippen LogP contribution >= 0.6 is 11.3 Å². The van der Waals surface area contributed by atoms with Gasteiger partial charge in [-0.25, -0.2) is 4.98 Å². The summed E-state index contributed by atoms with van der Waals surface area (Å²) in [5, 5.41) is 6.91. The standard InChI is InChI=1S/C13H24N2S/c1-4-5-12(10-14-9-11(2)3)8-13-15-6-7-16-13/h6-7,11-12,14H,4-5,8-10H2,1-3H3. The van der Waals surface area contributed by atoms with E-state index in [1.165, 1.54) is 17.8 Å². The highest BCUT2D eigenvalue weighted by Crippen LogP contribution is 2.15. The van der Waals surface area contributed by atoms with Gasteiger partial charge in [0.1, 0.15) is 0 Å². The molecule has 0 aliphatic heterocycles. The second kappa shape index (κ2) is 7.80. The fourth-order valence-corrected chi connectivity index (χ4v) is 2.59. The van der Waals surface area contributed by atoms with E-state index in [-0.39, 0.29) is 0 Å². The molecule has 0 fully saturated rings. The Morgan fingerprint density at radius 3 is 2.75 bits per heavy atom. The lowest BCUT2D eigenvalue weighted by Crippen LogP contribution is -2.27. The fraction of sp³-hybridized carbons (Fsp3) is 0.769. The molecule has 0 saturated carbocycles. The van der Waals surface area contributed by atoms with E-state index in [1.807, 2.05) is 6.20 Å². The fourth-order valence-electron chi connectivity index (χ4n) is 1.86. The molecule has 1 N–H and O–H groups in total. The Morgan fingerprint density at radius 2 is 2.19 bits per heavy atom. The Labute approximate surface area is 103 Å². The molecule has 16 heavy (non-hydrogen) atoms. The molecule has 1 aromatic rings. The quantitative estimate of drug-likeness (QED) is 0.754. The van der Waals surface area contributed by atoms with Crippen molar-refractivity contribution in [3.8, 4) is 0 Å². The summed E-state index contributed by atoms with van der Waals surface area (Å²) in [5.41, 5.74) is 0. The number of aromatic nitrogens is 1. The van der Waals surface area contributed by atoms with Crippen LogP contribution in [-0.4, -0.2) is 18.1 Å². The van der Waals surface area contributed by atoms with Crippen LogP contribution in [0.15, 0.2) is 11.6 Å². The molecule has 3 heteroatoms. The topological polar surface area (TPSA) is 24.9 Å². The van der Waals surface area contributed by atoms with Crippen LogP contribution < -0.4 is 5.32 Å². The van der Waals surface area contributed by atoms with E-state index in [0.29, 0.717) is 0 Å². The number of hydrogen-bond donors (Lipinski definition) is 1. The van der Waals surface area contributed by atoms with Crippen LogP contribution in [0.25, 0.3) is 0 Å². The highest BCUT2D eigenvalue weighted by Gasteiger charge is 2.10. The third-order valence-electron chi connectivity index (χ3n) is 2.63. The van der Waals surface area contributed by atoms with E-state index in [2.05, 4.69) is 36.5 Å². The molecule has 0 radical (unpaired) electrons. The highest BCUT2D eigenvalue weighted by atomic mass is 32.1. The third kappa shape index (κ3) is 5.61. The Kier molecular flexibility index (Phi) is 6.65. The minimum Gasteiger partial charge on any atom is -0.316 e. The molecule has 0 aromatic carbocycles. The average Bonchev–Trinajstić information content (AvgIpc) is 2.70. The number of nitrogens with one attached hydrogen (secondary N) is 1. The van der Waals surface area contributed by atoms with Crippen LogP contribution in [0.1, 0.15) is 38.6 Å². The van der Waals surface area contributed by atoms with Crippen LogP contribution in [0.4, 0.5) is 0 Å². The lowest BCUT2D eigenvalue weighted by molar-refractivity contribution is 0.420. The maximum absolute atomic E-state index is 4.37. The molecule has 1 atom stereocenters. The van der Waals surface area contributed by atoms with E-state index in [9.17, 15) is 0 Å². The molecule has 0 aliphatic carbocycles. The van der Waals surface area contributed by atoms with Crippen molar-refractivity contribution in [2.24, 2.45) is 11.8 Å². The molecule has 1 heterocycles. The second-order valence-corrected chi connectivity index (χ2v) is 5.82. The highest BCUT2D eigenvalue weighted by molar-refractivity contribution is 7.09. The molecule has 1 rings (SSSR count). The molecule has 0 bridgehead atoms. The van der Waals surface area contributed by atoms with E-state index in [4.69, 9.17) is 0 Å². The summed E-state index contributed by atoms with van der Waals surface area (Å²) in [6.07, 6.45) is 5.60. The van der Waals surface area contributed by atoms with Crippen LogP contribution in [0.2, 0.25) is 0 Å². The molecule has 1 aromatic heterocycles. The van der Waals surface area contributed by atoms with Crippen LogP contribution in [0.3, 0.4) is 0 Å². The summed E-state index contributed by atoms with van der Waals surface area (Å²) in [6, 6.07) is 0. The van der Waals surface area contributed by atoms with E-state index in [1.54, 1.807) is 11.3 Å². The number of nitrogens with zero attached hydrogens (tertiary/aromatic N) is 1. The van der Waals surface area contributed by atoms with Crippen molar-refractivity contribution in [3.63, 3.8) is 0 Å². The largest absolute Gasteiger partial charge is 0.316 e.